The van der Waals surface area contributed by atoms with Crippen molar-refractivity contribution in [3.05, 3.63) is 58.6 Å². The summed E-state index contributed by atoms with van der Waals surface area (Å²) in [4.78, 5) is 11.4. The average molecular weight is 410 g/mol. The summed E-state index contributed by atoms with van der Waals surface area (Å²) in [6.07, 6.45) is 2.50. The lowest BCUT2D eigenvalue weighted by molar-refractivity contribution is -0.139. The fourth-order valence-corrected chi connectivity index (χ4v) is 3.19. The summed E-state index contributed by atoms with van der Waals surface area (Å²) in [7, 11) is 1.56. The summed E-state index contributed by atoms with van der Waals surface area (Å²) in [5.41, 5.74) is 1.80. The Labute approximate surface area is 169 Å². The third-order valence-corrected chi connectivity index (χ3v) is 5.01. The topological polar surface area (TPSA) is 67.8 Å². The van der Waals surface area contributed by atoms with E-state index in [0.717, 1.165) is 16.9 Å². The molecule has 2 aromatic carbocycles. The van der Waals surface area contributed by atoms with Crippen LogP contribution in [0.2, 0.25) is 5.02 Å². The van der Waals surface area contributed by atoms with Crippen molar-refractivity contribution in [1.82, 2.24) is 5.32 Å². The van der Waals surface area contributed by atoms with Crippen LogP contribution in [0.1, 0.15) is 17.5 Å². The Morgan fingerprint density at radius 3 is 2.63 bits per heavy atom. The fourth-order valence-electron chi connectivity index (χ4n) is 2.50. The van der Waals surface area contributed by atoms with Gasteiger partial charge < -0.3 is 19.9 Å². The number of carboxylic acids is 1. The molecule has 0 heterocycles. The molecule has 2 rings (SSSR count). The van der Waals surface area contributed by atoms with Crippen LogP contribution in [0.5, 0.6) is 11.5 Å². The van der Waals surface area contributed by atoms with Gasteiger partial charge in [0.1, 0.15) is 12.6 Å². The van der Waals surface area contributed by atoms with E-state index in [9.17, 15) is 9.90 Å². The van der Waals surface area contributed by atoms with Gasteiger partial charge in [0.15, 0.2) is 11.5 Å². The molecule has 0 aliphatic rings. The van der Waals surface area contributed by atoms with Gasteiger partial charge in [-0.05, 0) is 35.6 Å². The van der Waals surface area contributed by atoms with Crippen LogP contribution >= 0.6 is 23.4 Å². The van der Waals surface area contributed by atoms with Crippen LogP contribution in [-0.4, -0.2) is 36.2 Å². The Morgan fingerprint density at radius 1 is 1.26 bits per heavy atom. The second-order valence-electron chi connectivity index (χ2n) is 5.92. The monoisotopic (exact) mass is 409 g/mol. The Bertz CT molecular complexity index is 742. The lowest BCUT2D eigenvalue weighted by Gasteiger charge is -2.17. The van der Waals surface area contributed by atoms with E-state index in [1.54, 1.807) is 31.0 Å². The van der Waals surface area contributed by atoms with E-state index < -0.39 is 12.0 Å². The van der Waals surface area contributed by atoms with Gasteiger partial charge in [-0.1, -0.05) is 41.9 Å². The molecule has 0 saturated heterocycles. The van der Waals surface area contributed by atoms with Gasteiger partial charge in [0.05, 0.1) is 7.11 Å². The minimum Gasteiger partial charge on any atom is -0.493 e. The molecule has 0 saturated carbocycles. The highest BCUT2D eigenvalue weighted by molar-refractivity contribution is 7.98. The molecule has 0 aliphatic heterocycles. The van der Waals surface area contributed by atoms with Crippen molar-refractivity contribution in [2.24, 2.45) is 0 Å². The van der Waals surface area contributed by atoms with Crippen LogP contribution < -0.4 is 14.8 Å². The van der Waals surface area contributed by atoms with E-state index in [2.05, 4.69) is 5.32 Å². The molecule has 0 amide bonds. The number of thioether (sulfide) groups is 1. The number of nitrogens with one attached hydrogen (secondary N) is 1. The molecule has 146 valence electrons. The highest BCUT2D eigenvalue weighted by Crippen LogP contribution is 2.34. The maximum atomic E-state index is 11.4. The third kappa shape index (κ3) is 6.65. The number of ether oxygens (including phenoxy) is 2. The number of rotatable bonds is 11. The van der Waals surface area contributed by atoms with Crippen LogP contribution in [0.3, 0.4) is 0 Å². The second-order valence-corrected chi connectivity index (χ2v) is 7.31. The first-order valence-electron chi connectivity index (χ1n) is 8.53. The summed E-state index contributed by atoms with van der Waals surface area (Å²) in [5, 5.41) is 12.9. The zero-order valence-corrected chi connectivity index (χ0v) is 17.0. The van der Waals surface area contributed by atoms with Gasteiger partial charge >= 0.3 is 5.97 Å². The summed E-state index contributed by atoms with van der Waals surface area (Å²) >= 11 is 8.00. The van der Waals surface area contributed by atoms with Crippen molar-refractivity contribution in [2.45, 2.75) is 25.6 Å². The van der Waals surface area contributed by atoms with E-state index >= 15 is 0 Å². The maximum Gasteiger partial charge on any atom is 0.320 e. The second kappa shape index (κ2) is 11.1. The van der Waals surface area contributed by atoms with Gasteiger partial charge in [-0.2, -0.15) is 11.8 Å². The van der Waals surface area contributed by atoms with Crippen LogP contribution in [0.15, 0.2) is 42.5 Å². The third-order valence-electron chi connectivity index (χ3n) is 4.02. The molecule has 0 fully saturated rings. The molecular weight excluding hydrogens is 386 g/mol. The van der Waals surface area contributed by atoms with Gasteiger partial charge in [-0.3, -0.25) is 4.79 Å². The van der Waals surface area contributed by atoms with Crippen LogP contribution in [0.25, 0.3) is 0 Å². The van der Waals surface area contributed by atoms with Gasteiger partial charge in [-0.15, -0.1) is 0 Å². The van der Waals surface area contributed by atoms with Crippen LogP contribution in [0, 0.1) is 0 Å². The highest BCUT2D eigenvalue weighted by Gasteiger charge is 2.18. The number of carboxylic acid groups (broad SMARTS) is 1. The molecule has 1 atom stereocenters. The first kappa shape index (κ1) is 21.4. The molecular formula is C20H24ClNO4S. The zero-order chi connectivity index (χ0) is 19.6. The van der Waals surface area contributed by atoms with Crippen molar-refractivity contribution in [3.8, 4) is 11.5 Å². The Morgan fingerprint density at radius 2 is 2.00 bits per heavy atom. The summed E-state index contributed by atoms with van der Waals surface area (Å²) in [6, 6.07) is 12.7. The first-order valence-corrected chi connectivity index (χ1v) is 10.3. The van der Waals surface area contributed by atoms with Gasteiger partial charge in [0.2, 0.25) is 0 Å². The zero-order valence-electron chi connectivity index (χ0n) is 15.4. The molecule has 0 aromatic heterocycles. The van der Waals surface area contributed by atoms with Crippen molar-refractivity contribution in [1.29, 1.82) is 0 Å². The Kier molecular flexibility index (Phi) is 8.78. The average Bonchev–Trinajstić information content (AvgIpc) is 2.68. The quantitative estimate of drug-likeness (QED) is 0.579. The number of carbonyl (C=O) groups is 1. The van der Waals surface area contributed by atoms with E-state index in [-0.39, 0.29) is 0 Å². The molecule has 2 aromatic rings. The predicted molar refractivity (Wildman–Crippen MR) is 110 cm³/mol. The van der Waals surface area contributed by atoms with Crippen molar-refractivity contribution >= 4 is 29.3 Å². The summed E-state index contributed by atoms with van der Waals surface area (Å²) in [5.74, 6) is 1.01. The van der Waals surface area contributed by atoms with Crippen molar-refractivity contribution < 1.29 is 19.4 Å². The molecule has 0 radical (unpaired) electrons. The summed E-state index contributed by atoms with van der Waals surface area (Å²) in [6.45, 7) is 0.737. The van der Waals surface area contributed by atoms with Crippen LogP contribution in [-0.2, 0) is 17.9 Å². The van der Waals surface area contributed by atoms with Gasteiger partial charge in [-0.25, -0.2) is 0 Å². The number of hydrogen-bond donors (Lipinski definition) is 2. The van der Waals surface area contributed by atoms with Gasteiger partial charge in [0, 0.05) is 17.6 Å². The first-order chi connectivity index (χ1) is 13.0. The van der Waals surface area contributed by atoms with Crippen molar-refractivity contribution in [2.75, 3.05) is 19.1 Å². The smallest absolute Gasteiger partial charge is 0.320 e. The SMILES string of the molecule is COc1cc(CNC(CCSC)C(=O)O)c(Cl)cc1OCc1ccccc1. The maximum absolute atomic E-state index is 11.4. The fraction of sp³-hybridized carbons (Fsp3) is 0.350. The molecule has 0 bridgehead atoms. The highest BCUT2D eigenvalue weighted by atomic mass is 35.5. The lowest BCUT2D eigenvalue weighted by Crippen LogP contribution is -2.36. The molecule has 27 heavy (non-hydrogen) atoms. The van der Waals surface area contributed by atoms with Gasteiger partial charge in [0.25, 0.3) is 0 Å². The summed E-state index contributed by atoms with van der Waals surface area (Å²) < 4.78 is 11.3. The number of hydrogen-bond acceptors (Lipinski definition) is 5. The molecule has 1 unspecified atom stereocenters. The van der Waals surface area contributed by atoms with Crippen LogP contribution in [0.4, 0.5) is 0 Å². The predicted octanol–water partition coefficient (Wildman–Crippen LogP) is 4.22. The van der Waals surface area contributed by atoms with E-state index in [1.807, 2.05) is 36.6 Å². The lowest BCUT2D eigenvalue weighted by atomic mass is 10.1. The molecule has 2 N–H and O–H groups in total. The largest absolute Gasteiger partial charge is 0.493 e. The molecule has 0 spiro atoms. The molecule has 0 aliphatic carbocycles. The van der Waals surface area contributed by atoms with E-state index in [1.165, 1.54) is 0 Å². The number of methoxy groups -OCH3 is 1. The molecule has 5 nitrogen and oxygen atoms in total. The minimum atomic E-state index is -0.866. The number of aliphatic carboxylic acids is 1. The van der Waals surface area contributed by atoms with Crippen molar-refractivity contribution in [3.63, 3.8) is 0 Å². The standard InChI is InChI=1S/C20H24ClNO4S/c1-25-18-10-15(12-22-17(20(23)24)8-9-27-2)16(21)11-19(18)26-13-14-6-4-3-5-7-14/h3-7,10-11,17,22H,8-9,12-13H2,1-2H3,(H,23,24). The number of benzene rings is 2. The minimum absolute atomic E-state index is 0.333. The van der Waals surface area contributed by atoms with E-state index in [0.29, 0.717) is 36.1 Å². The Hall–Kier alpha value is -1.89. The number of halogens is 1. The van der Waals surface area contributed by atoms with E-state index in [4.69, 9.17) is 21.1 Å². The Balaban J connectivity index is 2.06. The normalized spacial score (nSPS) is 11.8. The molecule has 7 heteroatoms.